The number of hydrogen-bond donors (Lipinski definition) is 1. The number of nitrogens with zero attached hydrogens (tertiary/aromatic N) is 2. The maximum atomic E-state index is 13.4. The second kappa shape index (κ2) is 8.37. The van der Waals surface area contributed by atoms with Crippen LogP contribution in [0.2, 0.25) is 0 Å². The lowest BCUT2D eigenvalue weighted by atomic mass is 9.85. The topological polar surface area (TPSA) is 52.7 Å². The van der Waals surface area contributed by atoms with Crippen molar-refractivity contribution < 1.29 is 8.42 Å². The van der Waals surface area contributed by atoms with Gasteiger partial charge in [0.1, 0.15) is 0 Å². The third-order valence-corrected chi connectivity index (χ3v) is 7.89. The second-order valence-electron chi connectivity index (χ2n) is 8.78. The summed E-state index contributed by atoms with van der Waals surface area (Å²) in [4.78, 5) is 2.94. The predicted octanol–water partition coefficient (Wildman–Crippen LogP) is 2.69. The molecule has 3 rings (SSSR count). The van der Waals surface area contributed by atoms with Gasteiger partial charge < -0.3 is 5.32 Å². The first-order valence-electron chi connectivity index (χ1n) is 9.67. The Balaban J connectivity index is 0.00000261. The number of hydrogen-bond acceptors (Lipinski definition) is 4. The summed E-state index contributed by atoms with van der Waals surface area (Å²) in [6, 6.07) is 4.44. The van der Waals surface area contributed by atoms with Crippen LogP contribution in [0.4, 0.5) is 0 Å². The molecule has 2 aliphatic heterocycles. The number of benzene rings is 1. The van der Waals surface area contributed by atoms with Gasteiger partial charge in [0.15, 0.2) is 0 Å². The van der Waals surface area contributed by atoms with E-state index < -0.39 is 10.0 Å². The molecule has 0 saturated carbocycles. The minimum absolute atomic E-state index is 0. The number of nitrogens with one attached hydrogen (secondary N) is 1. The molecule has 0 spiro atoms. The summed E-state index contributed by atoms with van der Waals surface area (Å²) < 4.78 is 28.4. The zero-order chi connectivity index (χ0) is 19.1. The van der Waals surface area contributed by atoms with Crippen molar-refractivity contribution in [2.24, 2.45) is 0 Å². The molecule has 1 N–H and O–H groups in total. The fraction of sp³-hybridized carbons (Fsp3) is 0.700. The minimum Gasteiger partial charge on any atom is -0.314 e. The lowest BCUT2D eigenvalue weighted by molar-refractivity contribution is 0.179. The Morgan fingerprint density at radius 2 is 1.59 bits per heavy atom. The Kier molecular flexibility index (Phi) is 7.02. The van der Waals surface area contributed by atoms with Crippen LogP contribution in [0.15, 0.2) is 17.0 Å². The molecule has 2 heterocycles. The third-order valence-electron chi connectivity index (χ3n) is 5.72. The highest BCUT2D eigenvalue weighted by Gasteiger charge is 2.37. The number of halogens is 1. The fourth-order valence-corrected chi connectivity index (χ4v) is 6.10. The molecule has 1 aromatic carbocycles. The van der Waals surface area contributed by atoms with E-state index in [-0.39, 0.29) is 17.8 Å². The van der Waals surface area contributed by atoms with Gasteiger partial charge in [-0.1, -0.05) is 32.9 Å². The summed E-state index contributed by atoms with van der Waals surface area (Å²) in [5, 5.41) is 3.36. The lowest BCUT2D eigenvalue weighted by Gasteiger charge is -2.32. The summed E-state index contributed by atoms with van der Waals surface area (Å²) in [5.41, 5.74) is 2.92. The van der Waals surface area contributed by atoms with Gasteiger partial charge in [-0.15, -0.1) is 12.4 Å². The smallest absolute Gasteiger partial charge is 0.243 e. The van der Waals surface area contributed by atoms with Gasteiger partial charge in [-0.05, 0) is 42.4 Å². The monoisotopic (exact) mass is 415 g/mol. The molecular weight excluding hydrogens is 382 g/mol. The summed E-state index contributed by atoms with van der Waals surface area (Å²) >= 11 is 0. The quantitative estimate of drug-likeness (QED) is 0.824. The number of rotatable bonds is 3. The molecule has 27 heavy (non-hydrogen) atoms. The van der Waals surface area contributed by atoms with E-state index in [9.17, 15) is 8.42 Å². The van der Waals surface area contributed by atoms with Gasteiger partial charge >= 0.3 is 0 Å². The van der Waals surface area contributed by atoms with Crippen molar-refractivity contribution in [3.63, 3.8) is 0 Å². The van der Waals surface area contributed by atoms with Crippen LogP contribution in [0.3, 0.4) is 0 Å². The summed E-state index contributed by atoms with van der Waals surface area (Å²) in [6.07, 6.45) is 0.928. The van der Waals surface area contributed by atoms with Crippen LogP contribution in [0.1, 0.15) is 43.9 Å². The molecule has 2 aliphatic rings. The van der Waals surface area contributed by atoms with Crippen LogP contribution >= 0.6 is 12.4 Å². The van der Waals surface area contributed by atoms with Crippen LogP contribution in [-0.2, 0) is 15.4 Å². The number of sulfonamides is 1. The average molecular weight is 416 g/mol. The molecular formula is C20H34ClN3O2S. The van der Waals surface area contributed by atoms with E-state index in [4.69, 9.17) is 0 Å². The Bertz CT molecular complexity index is 745. The molecule has 0 radical (unpaired) electrons. The molecule has 7 heteroatoms. The van der Waals surface area contributed by atoms with Gasteiger partial charge in [0.2, 0.25) is 10.0 Å². The van der Waals surface area contributed by atoms with Gasteiger partial charge in [0.25, 0.3) is 0 Å². The molecule has 1 aromatic rings. The molecule has 0 amide bonds. The molecule has 2 fully saturated rings. The van der Waals surface area contributed by atoms with Gasteiger partial charge in [0, 0.05) is 45.3 Å². The van der Waals surface area contributed by atoms with E-state index in [1.165, 1.54) is 5.56 Å². The highest BCUT2D eigenvalue weighted by atomic mass is 35.5. The fourth-order valence-electron chi connectivity index (χ4n) is 4.19. The molecule has 0 aromatic heterocycles. The molecule has 0 aliphatic carbocycles. The van der Waals surface area contributed by atoms with E-state index in [1.807, 2.05) is 26.0 Å². The molecule has 154 valence electrons. The molecule has 1 unspecified atom stereocenters. The van der Waals surface area contributed by atoms with Crippen molar-refractivity contribution in [3.05, 3.63) is 28.8 Å². The highest BCUT2D eigenvalue weighted by Crippen LogP contribution is 2.32. The normalized spacial score (nSPS) is 22.6. The zero-order valence-corrected chi connectivity index (χ0v) is 18.8. The molecule has 0 bridgehead atoms. The molecule has 5 nitrogen and oxygen atoms in total. The Morgan fingerprint density at radius 3 is 2.11 bits per heavy atom. The van der Waals surface area contributed by atoms with Crippen molar-refractivity contribution in [1.29, 1.82) is 0 Å². The lowest BCUT2D eigenvalue weighted by Crippen LogP contribution is -2.49. The standard InChI is InChI=1S/C20H33N3O2S.ClH/c1-15-12-17(20(3,4)5)13-16(2)19(15)26(24,25)23-9-6-18(14-23)22-10-7-21-8-11-22;/h12-13,18,21H,6-11,14H2,1-5H3;1H. The Labute approximate surface area is 171 Å². The third kappa shape index (κ3) is 4.67. The van der Waals surface area contributed by atoms with Crippen LogP contribution in [0.25, 0.3) is 0 Å². The average Bonchev–Trinajstić information content (AvgIpc) is 3.05. The predicted molar refractivity (Wildman–Crippen MR) is 113 cm³/mol. The summed E-state index contributed by atoms with van der Waals surface area (Å²) in [6.45, 7) is 15.6. The summed E-state index contributed by atoms with van der Waals surface area (Å²) in [7, 11) is -3.44. The van der Waals surface area contributed by atoms with Crippen LogP contribution < -0.4 is 5.32 Å². The van der Waals surface area contributed by atoms with E-state index in [0.717, 1.165) is 43.7 Å². The van der Waals surface area contributed by atoms with Gasteiger partial charge in [-0.25, -0.2) is 8.42 Å². The van der Waals surface area contributed by atoms with Gasteiger partial charge in [0.05, 0.1) is 4.90 Å². The van der Waals surface area contributed by atoms with Gasteiger partial charge in [-0.3, -0.25) is 4.90 Å². The molecule has 1 atom stereocenters. The number of aryl methyl sites for hydroxylation is 2. The maximum Gasteiger partial charge on any atom is 0.243 e. The van der Waals surface area contributed by atoms with Crippen molar-refractivity contribution in [1.82, 2.24) is 14.5 Å². The molecule has 2 saturated heterocycles. The Hall–Kier alpha value is -0.660. The first kappa shape index (κ1) is 22.6. The second-order valence-corrected chi connectivity index (χ2v) is 10.7. The van der Waals surface area contributed by atoms with Crippen molar-refractivity contribution in [3.8, 4) is 0 Å². The largest absolute Gasteiger partial charge is 0.314 e. The summed E-state index contributed by atoms with van der Waals surface area (Å²) in [5.74, 6) is 0. The van der Waals surface area contributed by atoms with E-state index in [2.05, 4.69) is 31.0 Å². The van der Waals surface area contributed by atoms with Gasteiger partial charge in [-0.2, -0.15) is 4.31 Å². The van der Waals surface area contributed by atoms with E-state index in [1.54, 1.807) is 4.31 Å². The highest BCUT2D eigenvalue weighted by molar-refractivity contribution is 7.89. The van der Waals surface area contributed by atoms with Crippen molar-refractivity contribution in [2.75, 3.05) is 39.3 Å². The minimum atomic E-state index is -3.44. The zero-order valence-electron chi connectivity index (χ0n) is 17.2. The van der Waals surface area contributed by atoms with Crippen LogP contribution in [0.5, 0.6) is 0 Å². The van der Waals surface area contributed by atoms with Crippen molar-refractivity contribution in [2.45, 2.75) is 57.4 Å². The Morgan fingerprint density at radius 1 is 1.04 bits per heavy atom. The number of piperazine rings is 1. The first-order valence-corrected chi connectivity index (χ1v) is 11.1. The van der Waals surface area contributed by atoms with E-state index >= 15 is 0 Å². The van der Waals surface area contributed by atoms with E-state index in [0.29, 0.717) is 24.0 Å². The maximum absolute atomic E-state index is 13.4. The van der Waals surface area contributed by atoms with Crippen LogP contribution in [-0.4, -0.2) is 62.9 Å². The van der Waals surface area contributed by atoms with Crippen molar-refractivity contribution >= 4 is 22.4 Å². The van der Waals surface area contributed by atoms with Crippen LogP contribution in [0, 0.1) is 13.8 Å². The SMILES string of the molecule is Cc1cc(C(C)(C)C)cc(C)c1S(=O)(=O)N1CCC(N2CCNCC2)C1.Cl. The first-order chi connectivity index (χ1) is 12.1.